The molecule has 0 fully saturated rings. The Labute approximate surface area is 131 Å². The molecule has 0 aliphatic rings. The maximum Gasteiger partial charge on any atom is 0.138 e. The molecular formula is C18H22ClNO. The van der Waals surface area contributed by atoms with Gasteiger partial charge in [-0.05, 0) is 62.1 Å². The van der Waals surface area contributed by atoms with Crippen molar-refractivity contribution in [2.75, 3.05) is 0 Å². The molecule has 0 heterocycles. The molecule has 0 bridgehead atoms. The molecule has 2 rings (SSSR count). The summed E-state index contributed by atoms with van der Waals surface area (Å²) >= 11 is 6.26. The Kier molecular flexibility index (Phi) is 4.92. The highest BCUT2D eigenvalue weighted by Gasteiger charge is 2.09. The molecule has 0 saturated carbocycles. The number of aryl methyl sites for hydroxylation is 3. The first-order valence-electron chi connectivity index (χ1n) is 7.13. The van der Waals surface area contributed by atoms with Gasteiger partial charge < -0.3 is 10.5 Å². The van der Waals surface area contributed by atoms with Gasteiger partial charge >= 0.3 is 0 Å². The van der Waals surface area contributed by atoms with Crippen molar-refractivity contribution in [3.63, 3.8) is 0 Å². The van der Waals surface area contributed by atoms with Crippen LogP contribution in [-0.4, -0.2) is 0 Å². The zero-order chi connectivity index (χ0) is 15.6. The van der Waals surface area contributed by atoms with Gasteiger partial charge in [-0.2, -0.15) is 0 Å². The van der Waals surface area contributed by atoms with Crippen LogP contribution in [0.1, 0.15) is 40.8 Å². The average Bonchev–Trinajstić information content (AvgIpc) is 2.38. The van der Waals surface area contributed by atoms with Crippen molar-refractivity contribution in [2.45, 2.75) is 40.3 Å². The molecule has 0 unspecified atom stereocenters. The molecule has 0 aromatic heterocycles. The number of ether oxygens (including phenoxy) is 1. The standard InChI is InChI=1S/C18H22ClNO/c1-11-7-12(2)16(13(3)8-11)10-21-18-6-5-15(14(4)20)9-17(18)19/h5-9,14H,10,20H2,1-4H3/t14-/m0/s1. The molecule has 1 atom stereocenters. The van der Waals surface area contributed by atoms with Crippen LogP contribution in [0.25, 0.3) is 0 Å². The van der Waals surface area contributed by atoms with Crippen molar-refractivity contribution in [2.24, 2.45) is 5.73 Å². The Bertz CT molecular complexity index is 627. The molecule has 2 N–H and O–H groups in total. The van der Waals surface area contributed by atoms with E-state index in [1.807, 2.05) is 25.1 Å². The van der Waals surface area contributed by atoms with E-state index in [1.54, 1.807) is 0 Å². The van der Waals surface area contributed by atoms with Crippen LogP contribution in [0.5, 0.6) is 5.75 Å². The summed E-state index contributed by atoms with van der Waals surface area (Å²) in [5, 5.41) is 0.604. The highest BCUT2D eigenvalue weighted by molar-refractivity contribution is 6.32. The van der Waals surface area contributed by atoms with Crippen LogP contribution in [0, 0.1) is 20.8 Å². The summed E-state index contributed by atoms with van der Waals surface area (Å²) in [4.78, 5) is 0. The lowest BCUT2D eigenvalue weighted by Crippen LogP contribution is -2.05. The number of hydrogen-bond acceptors (Lipinski definition) is 2. The van der Waals surface area contributed by atoms with Gasteiger partial charge in [0.1, 0.15) is 12.4 Å². The zero-order valence-corrected chi connectivity index (χ0v) is 13.8. The third kappa shape index (κ3) is 3.78. The lowest BCUT2D eigenvalue weighted by Gasteiger charge is -2.14. The van der Waals surface area contributed by atoms with Gasteiger partial charge in [-0.15, -0.1) is 0 Å². The Balaban J connectivity index is 2.17. The fourth-order valence-electron chi connectivity index (χ4n) is 2.50. The first-order valence-corrected chi connectivity index (χ1v) is 7.51. The van der Waals surface area contributed by atoms with Gasteiger partial charge in [0, 0.05) is 6.04 Å². The lowest BCUT2D eigenvalue weighted by molar-refractivity contribution is 0.304. The van der Waals surface area contributed by atoms with Gasteiger partial charge in [-0.3, -0.25) is 0 Å². The molecule has 0 amide bonds. The van der Waals surface area contributed by atoms with Crippen molar-refractivity contribution in [3.05, 3.63) is 63.2 Å². The van der Waals surface area contributed by atoms with Gasteiger partial charge in [0.15, 0.2) is 0 Å². The van der Waals surface area contributed by atoms with Gasteiger partial charge in [0.25, 0.3) is 0 Å². The molecule has 2 nitrogen and oxygen atoms in total. The predicted octanol–water partition coefficient (Wildman–Crippen LogP) is 4.86. The smallest absolute Gasteiger partial charge is 0.138 e. The largest absolute Gasteiger partial charge is 0.487 e. The Morgan fingerprint density at radius 2 is 1.71 bits per heavy atom. The van der Waals surface area contributed by atoms with Gasteiger partial charge in [-0.1, -0.05) is 35.4 Å². The molecule has 3 heteroatoms. The summed E-state index contributed by atoms with van der Waals surface area (Å²) < 4.78 is 5.89. The summed E-state index contributed by atoms with van der Waals surface area (Å²) in [6.07, 6.45) is 0. The van der Waals surface area contributed by atoms with E-state index in [2.05, 4.69) is 32.9 Å². The average molecular weight is 304 g/mol. The van der Waals surface area contributed by atoms with Crippen LogP contribution < -0.4 is 10.5 Å². The van der Waals surface area contributed by atoms with Crippen LogP contribution in [0.4, 0.5) is 0 Å². The molecule has 0 aliphatic heterocycles. The maximum absolute atomic E-state index is 6.26. The number of benzene rings is 2. The summed E-state index contributed by atoms with van der Waals surface area (Å²) in [7, 11) is 0. The number of halogens is 1. The van der Waals surface area contributed by atoms with E-state index in [9.17, 15) is 0 Å². The van der Waals surface area contributed by atoms with Gasteiger partial charge in [0.05, 0.1) is 5.02 Å². The minimum Gasteiger partial charge on any atom is -0.487 e. The molecule has 21 heavy (non-hydrogen) atoms. The van der Waals surface area contributed by atoms with Crippen LogP contribution in [0.2, 0.25) is 5.02 Å². The Morgan fingerprint density at radius 3 is 2.24 bits per heavy atom. The van der Waals surface area contributed by atoms with Crippen LogP contribution in [0.15, 0.2) is 30.3 Å². The highest BCUT2D eigenvalue weighted by atomic mass is 35.5. The fourth-order valence-corrected chi connectivity index (χ4v) is 2.75. The number of rotatable bonds is 4. The molecule has 0 radical (unpaired) electrons. The molecule has 2 aromatic rings. The minimum absolute atomic E-state index is 0.0295. The minimum atomic E-state index is -0.0295. The Morgan fingerprint density at radius 1 is 1.10 bits per heavy atom. The van der Waals surface area contributed by atoms with Crippen LogP contribution in [-0.2, 0) is 6.61 Å². The van der Waals surface area contributed by atoms with Crippen molar-refractivity contribution in [1.82, 2.24) is 0 Å². The second-order valence-corrected chi connectivity index (χ2v) is 6.05. The SMILES string of the molecule is Cc1cc(C)c(COc2ccc([C@H](C)N)cc2Cl)c(C)c1. The third-order valence-electron chi connectivity index (χ3n) is 3.69. The topological polar surface area (TPSA) is 35.2 Å². The van der Waals surface area contributed by atoms with Crippen molar-refractivity contribution < 1.29 is 4.74 Å². The van der Waals surface area contributed by atoms with Crippen molar-refractivity contribution >= 4 is 11.6 Å². The first-order chi connectivity index (χ1) is 9.88. The van der Waals surface area contributed by atoms with E-state index in [4.69, 9.17) is 22.1 Å². The maximum atomic E-state index is 6.26. The molecule has 0 saturated heterocycles. The molecule has 0 spiro atoms. The molecular weight excluding hydrogens is 282 g/mol. The molecule has 2 aromatic carbocycles. The second-order valence-electron chi connectivity index (χ2n) is 5.64. The van der Waals surface area contributed by atoms with E-state index >= 15 is 0 Å². The van der Waals surface area contributed by atoms with E-state index in [0.29, 0.717) is 17.4 Å². The summed E-state index contributed by atoms with van der Waals surface area (Å²) in [6, 6.07) is 10.0. The van der Waals surface area contributed by atoms with Crippen LogP contribution >= 0.6 is 11.6 Å². The zero-order valence-electron chi connectivity index (χ0n) is 13.0. The van der Waals surface area contributed by atoms with Gasteiger partial charge in [-0.25, -0.2) is 0 Å². The number of nitrogens with two attached hydrogens (primary N) is 1. The van der Waals surface area contributed by atoms with Gasteiger partial charge in [0.2, 0.25) is 0 Å². The summed E-state index contributed by atoms with van der Waals surface area (Å²) in [5.41, 5.74) is 11.8. The lowest BCUT2D eigenvalue weighted by atomic mass is 10.0. The molecule has 0 aliphatic carbocycles. The van der Waals surface area contributed by atoms with E-state index < -0.39 is 0 Å². The van der Waals surface area contributed by atoms with Crippen LogP contribution in [0.3, 0.4) is 0 Å². The second kappa shape index (κ2) is 6.50. The normalized spacial score (nSPS) is 12.3. The Hall–Kier alpha value is -1.51. The quantitative estimate of drug-likeness (QED) is 0.875. The molecule has 112 valence electrons. The monoisotopic (exact) mass is 303 g/mol. The van der Waals surface area contributed by atoms with E-state index in [0.717, 1.165) is 5.56 Å². The van der Waals surface area contributed by atoms with Crippen molar-refractivity contribution in [3.8, 4) is 5.75 Å². The summed E-state index contributed by atoms with van der Waals surface area (Å²) in [6.45, 7) is 8.79. The number of hydrogen-bond donors (Lipinski definition) is 1. The first kappa shape index (κ1) is 15.9. The summed E-state index contributed by atoms with van der Waals surface area (Å²) in [5.74, 6) is 0.695. The third-order valence-corrected chi connectivity index (χ3v) is 3.99. The van der Waals surface area contributed by atoms with E-state index in [1.165, 1.54) is 22.3 Å². The predicted molar refractivity (Wildman–Crippen MR) is 89.0 cm³/mol. The fraction of sp³-hybridized carbons (Fsp3) is 0.333. The van der Waals surface area contributed by atoms with E-state index in [-0.39, 0.29) is 6.04 Å². The van der Waals surface area contributed by atoms with Crippen molar-refractivity contribution in [1.29, 1.82) is 0 Å². The highest BCUT2D eigenvalue weighted by Crippen LogP contribution is 2.29.